The number of ketones is 1. The number of hydrogen-bond donors (Lipinski definition) is 1. The van der Waals surface area contributed by atoms with Gasteiger partial charge < -0.3 is 33.7 Å². The lowest BCUT2D eigenvalue weighted by atomic mass is 9.96. The smallest absolute Gasteiger partial charge is 0.250 e. The number of carbonyl (C=O) groups excluding carboxylic acids is 3. The lowest BCUT2D eigenvalue weighted by Crippen LogP contribution is -2.38. The van der Waals surface area contributed by atoms with Crippen molar-refractivity contribution in [3.63, 3.8) is 0 Å². The van der Waals surface area contributed by atoms with Crippen LogP contribution in [0.15, 0.2) is 96.0 Å². The molecule has 0 aliphatic carbocycles. The van der Waals surface area contributed by atoms with E-state index in [0.717, 1.165) is 40.1 Å². The average Bonchev–Trinajstić information content (AvgIpc) is 3.67. The molecule has 1 N–H and O–H groups in total. The number of piperidine rings is 1. The summed E-state index contributed by atoms with van der Waals surface area (Å²) in [5.74, 6) is 0.318. The van der Waals surface area contributed by atoms with Crippen LogP contribution < -0.4 is 10.1 Å². The van der Waals surface area contributed by atoms with Crippen molar-refractivity contribution in [2.24, 2.45) is 5.11 Å². The number of methoxy groups -OCH3 is 1. The summed E-state index contributed by atoms with van der Waals surface area (Å²) in [6.45, 7) is 7.55. The maximum absolute atomic E-state index is 13.7. The number of benzene rings is 3. The largest absolute Gasteiger partial charge is 0.495 e. The van der Waals surface area contributed by atoms with Gasteiger partial charge in [-0.2, -0.15) is 0 Å². The fraction of sp³-hybridized carbons (Fsp3) is 0.349. The number of likely N-dealkylation sites (tertiary alicyclic amines) is 1. The Morgan fingerprint density at radius 3 is 2.28 bits per heavy atom. The van der Waals surface area contributed by atoms with E-state index in [1.54, 1.807) is 55.9 Å². The van der Waals surface area contributed by atoms with Crippen molar-refractivity contribution in [1.29, 1.82) is 0 Å². The number of nitrogens with zero attached hydrogens (tertiary/aromatic N) is 6. The van der Waals surface area contributed by atoms with E-state index in [1.807, 2.05) is 65.9 Å². The Hall–Kier alpha value is -6.05. The predicted octanol–water partition coefficient (Wildman–Crippen LogP) is 6.68. The molecule has 1 aromatic heterocycles. The molecule has 5 rings (SSSR count). The number of nitrogens with one attached hydrogen (secondary N) is 1. The van der Waals surface area contributed by atoms with Gasteiger partial charge in [0.2, 0.25) is 11.8 Å². The minimum absolute atomic E-state index is 0.000642. The van der Waals surface area contributed by atoms with Crippen LogP contribution >= 0.6 is 0 Å². The van der Waals surface area contributed by atoms with Crippen LogP contribution in [0.5, 0.6) is 5.75 Å². The summed E-state index contributed by atoms with van der Waals surface area (Å²) < 4.78 is 23.7. The fourth-order valence-electron chi connectivity index (χ4n) is 6.26. The van der Waals surface area contributed by atoms with E-state index >= 15 is 0 Å². The van der Waals surface area contributed by atoms with Crippen LogP contribution in [0, 0.1) is 6.92 Å². The first-order chi connectivity index (χ1) is 27.8. The topological polar surface area (TPSA) is 170 Å². The number of aromatic nitrogens is 2. The minimum Gasteiger partial charge on any atom is -0.495 e. The maximum atomic E-state index is 13.7. The summed E-state index contributed by atoms with van der Waals surface area (Å²) in [6.07, 6.45) is 10.3. The molecule has 1 saturated heterocycles. The molecule has 0 spiro atoms. The standard InChI is InChI=1S/C43H49N7O7/c1-31-29-49(30-46-31)39-16-8-34(28-40(39)54-3)27-38-5-4-20-50(43(38)53)32(2)35-12-14-37(15-13-35)42(52)36-10-6-33(7-11-36)9-17-41(51)45-18-21-55-23-25-57-26-24-56-22-19-47-48-44/h6-17,27-30,32H,4-5,18-26H2,1-3H3,(H,45,51)/b17-9+,38-27+. The van der Waals surface area contributed by atoms with Crippen molar-refractivity contribution in [3.8, 4) is 11.4 Å². The molecule has 1 atom stereocenters. The van der Waals surface area contributed by atoms with Crippen molar-refractivity contribution in [2.45, 2.75) is 32.7 Å². The number of hydrogen-bond acceptors (Lipinski definition) is 9. The van der Waals surface area contributed by atoms with Gasteiger partial charge in [0.1, 0.15) is 5.75 Å². The van der Waals surface area contributed by atoms with Gasteiger partial charge in [-0.25, -0.2) is 4.98 Å². The molecule has 1 aliphatic heterocycles. The third-order valence-corrected chi connectivity index (χ3v) is 9.33. The molecule has 57 heavy (non-hydrogen) atoms. The minimum atomic E-state index is -0.256. The molecule has 1 unspecified atom stereocenters. The van der Waals surface area contributed by atoms with Crippen LogP contribution in [0.2, 0.25) is 0 Å². The van der Waals surface area contributed by atoms with Gasteiger partial charge in [0.05, 0.1) is 70.5 Å². The summed E-state index contributed by atoms with van der Waals surface area (Å²) >= 11 is 0. The Morgan fingerprint density at radius 2 is 1.61 bits per heavy atom. The van der Waals surface area contributed by atoms with E-state index in [9.17, 15) is 14.4 Å². The van der Waals surface area contributed by atoms with E-state index in [-0.39, 0.29) is 23.6 Å². The Balaban J connectivity index is 1.06. The first-order valence-electron chi connectivity index (χ1n) is 18.9. The summed E-state index contributed by atoms with van der Waals surface area (Å²) in [6, 6.07) is 20.2. The zero-order chi connectivity index (χ0) is 40.4. The van der Waals surface area contributed by atoms with Crippen LogP contribution in [0.1, 0.15) is 64.1 Å². The molecule has 14 heteroatoms. The molecular formula is C43H49N7O7. The SMILES string of the molecule is COc1cc(/C=C2\CCCN(C(C)c3ccc(C(=O)c4ccc(/C=C/C(=O)NCCOCCOCCOCCN=[N+]=[N-])cc4)cc3)C2=O)ccc1-n1cnc(C)c1. The summed E-state index contributed by atoms with van der Waals surface area (Å²) in [5, 5.41) is 6.14. The first-order valence-corrected chi connectivity index (χ1v) is 18.9. The first kappa shape index (κ1) is 42.1. The predicted molar refractivity (Wildman–Crippen MR) is 217 cm³/mol. The third kappa shape index (κ3) is 12.5. The zero-order valence-corrected chi connectivity index (χ0v) is 32.6. The second kappa shape index (κ2) is 21.9. The van der Waals surface area contributed by atoms with Crippen LogP contribution in [0.25, 0.3) is 28.3 Å². The third-order valence-electron chi connectivity index (χ3n) is 9.33. The van der Waals surface area contributed by atoms with E-state index < -0.39 is 0 Å². The zero-order valence-electron chi connectivity index (χ0n) is 32.6. The Morgan fingerprint density at radius 1 is 0.947 bits per heavy atom. The fourth-order valence-corrected chi connectivity index (χ4v) is 6.26. The highest BCUT2D eigenvalue weighted by atomic mass is 16.5. The second-order valence-electron chi connectivity index (χ2n) is 13.3. The van der Waals surface area contributed by atoms with Gasteiger partial charge in [0, 0.05) is 53.5 Å². The van der Waals surface area contributed by atoms with Crippen molar-refractivity contribution >= 4 is 29.7 Å². The van der Waals surface area contributed by atoms with Crippen LogP contribution in [0.3, 0.4) is 0 Å². The van der Waals surface area contributed by atoms with E-state index in [2.05, 4.69) is 20.3 Å². The lowest BCUT2D eigenvalue weighted by molar-refractivity contribution is -0.130. The van der Waals surface area contributed by atoms with Gasteiger partial charge in [-0.3, -0.25) is 14.4 Å². The van der Waals surface area contributed by atoms with Gasteiger partial charge >= 0.3 is 0 Å². The van der Waals surface area contributed by atoms with Crippen LogP contribution in [-0.4, -0.2) is 98.4 Å². The molecule has 0 bridgehead atoms. The average molecular weight is 776 g/mol. The van der Waals surface area contributed by atoms with Crippen molar-refractivity contribution in [2.75, 3.05) is 66.4 Å². The molecule has 298 valence electrons. The van der Waals surface area contributed by atoms with E-state index in [4.69, 9.17) is 24.5 Å². The monoisotopic (exact) mass is 775 g/mol. The molecule has 1 fully saturated rings. The Bertz CT molecular complexity index is 2070. The van der Waals surface area contributed by atoms with Gasteiger partial charge in [0.25, 0.3) is 0 Å². The number of amides is 2. The number of rotatable bonds is 21. The summed E-state index contributed by atoms with van der Waals surface area (Å²) in [5.41, 5.74) is 14.4. The van der Waals surface area contributed by atoms with Gasteiger partial charge in [-0.05, 0) is 73.2 Å². The molecule has 14 nitrogen and oxygen atoms in total. The highest BCUT2D eigenvalue weighted by Crippen LogP contribution is 2.31. The van der Waals surface area contributed by atoms with E-state index in [0.29, 0.717) is 82.6 Å². The number of aryl methyl sites for hydroxylation is 1. The highest BCUT2D eigenvalue weighted by molar-refractivity contribution is 6.09. The quantitative estimate of drug-likeness (QED) is 0.0244. The van der Waals surface area contributed by atoms with E-state index in [1.165, 1.54) is 6.08 Å². The number of ether oxygens (including phenoxy) is 4. The van der Waals surface area contributed by atoms with Crippen molar-refractivity contribution in [1.82, 2.24) is 19.8 Å². The van der Waals surface area contributed by atoms with Gasteiger partial charge in [-0.1, -0.05) is 59.7 Å². The van der Waals surface area contributed by atoms with Crippen molar-refractivity contribution < 1.29 is 33.3 Å². The molecule has 4 aromatic rings. The molecule has 2 amide bonds. The second-order valence-corrected chi connectivity index (χ2v) is 13.3. The number of imidazole rings is 1. The van der Waals surface area contributed by atoms with Gasteiger partial charge in [-0.15, -0.1) is 0 Å². The van der Waals surface area contributed by atoms with Crippen LogP contribution in [0.4, 0.5) is 0 Å². The molecule has 0 saturated carbocycles. The molecule has 0 radical (unpaired) electrons. The summed E-state index contributed by atoms with van der Waals surface area (Å²) in [7, 11) is 1.63. The Labute approximate surface area is 332 Å². The lowest BCUT2D eigenvalue weighted by Gasteiger charge is -2.34. The Kier molecular flexibility index (Phi) is 16.2. The number of azide groups is 1. The van der Waals surface area contributed by atoms with Crippen LogP contribution in [-0.2, 0) is 23.8 Å². The molecule has 2 heterocycles. The maximum Gasteiger partial charge on any atom is 0.250 e. The highest BCUT2D eigenvalue weighted by Gasteiger charge is 2.28. The number of carbonyl (C=O) groups is 3. The van der Waals surface area contributed by atoms with Gasteiger partial charge in [0.15, 0.2) is 5.78 Å². The summed E-state index contributed by atoms with van der Waals surface area (Å²) in [4.78, 5) is 48.1. The molecule has 1 aliphatic rings. The van der Waals surface area contributed by atoms with Crippen molar-refractivity contribution in [3.05, 3.63) is 135 Å². The molecule has 3 aromatic carbocycles. The molecular weight excluding hydrogens is 727 g/mol. The normalized spacial score (nSPS) is 14.1.